The van der Waals surface area contributed by atoms with E-state index in [4.69, 9.17) is 5.73 Å². The fraction of sp³-hybridized carbons (Fsp3) is 0.750. The van der Waals surface area contributed by atoms with Crippen molar-refractivity contribution in [3.63, 3.8) is 0 Å². The molecule has 2 atom stereocenters. The molecule has 1 aromatic rings. The quantitative estimate of drug-likeness (QED) is 0.828. The zero-order valence-electron chi connectivity index (χ0n) is 11.3. The van der Waals surface area contributed by atoms with E-state index in [0.29, 0.717) is 12.0 Å². The molecule has 1 aliphatic heterocycles. The van der Waals surface area contributed by atoms with Gasteiger partial charge in [0.25, 0.3) is 0 Å². The van der Waals surface area contributed by atoms with Gasteiger partial charge in [0.15, 0.2) is 9.84 Å². The smallest absolute Gasteiger partial charge is 0.151 e. The first kappa shape index (κ1) is 14.5. The van der Waals surface area contributed by atoms with Crippen molar-refractivity contribution in [2.24, 2.45) is 11.1 Å². The summed E-state index contributed by atoms with van der Waals surface area (Å²) in [5.41, 5.74) is 5.60. The second-order valence-electron chi connectivity index (χ2n) is 5.66. The number of rotatable bonds is 4. The van der Waals surface area contributed by atoms with Gasteiger partial charge in [-0.05, 0) is 20.3 Å². The molecule has 2 unspecified atom stereocenters. The van der Waals surface area contributed by atoms with Gasteiger partial charge < -0.3 is 10.8 Å². The first-order valence-electron chi connectivity index (χ1n) is 6.42. The van der Waals surface area contributed by atoms with Crippen LogP contribution in [0.1, 0.15) is 38.0 Å². The highest BCUT2D eigenvalue weighted by Crippen LogP contribution is 2.42. The van der Waals surface area contributed by atoms with Crippen molar-refractivity contribution in [1.29, 1.82) is 0 Å². The monoisotopic (exact) mass is 287 g/mol. The summed E-state index contributed by atoms with van der Waals surface area (Å²) in [5, 5.41) is 14.7. The fourth-order valence-corrected chi connectivity index (χ4v) is 4.72. The van der Waals surface area contributed by atoms with E-state index in [0.717, 1.165) is 0 Å². The van der Waals surface area contributed by atoms with Crippen molar-refractivity contribution in [3.05, 3.63) is 18.0 Å². The van der Waals surface area contributed by atoms with Crippen LogP contribution in [0.15, 0.2) is 12.4 Å². The van der Waals surface area contributed by atoms with Crippen LogP contribution in [-0.2, 0) is 9.84 Å². The molecule has 6 nitrogen and oxygen atoms in total. The van der Waals surface area contributed by atoms with Gasteiger partial charge in [0.2, 0.25) is 0 Å². The van der Waals surface area contributed by atoms with E-state index in [1.807, 2.05) is 13.8 Å². The van der Waals surface area contributed by atoms with Gasteiger partial charge in [-0.25, -0.2) is 8.42 Å². The lowest BCUT2D eigenvalue weighted by molar-refractivity contribution is 0.0471. The number of aromatic nitrogens is 2. The lowest BCUT2D eigenvalue weighted by Crippen LogP contribution is -2.37. The molecule has 0 saturated carbocycles. The minimum absolute atomic E-state index is 0.0511. The largest absolute Gasteiger partial charge is 0.388 e. The standard InChI is InChI=1S/C12H21N3O3S/c1-9(2)15-6-10(5-14-15)11(16)12(7-13)3-4-19(17,18)8-12/h5-6,9,11,16H,3-4,7-8,13H2,1-2H3. The molecule has 1 aromatic heterocycles. The molecule has 0 aliphatic carbocycles. The summed E-state index contributed by atoms with van der Waals surface area (Å²) in [6, 6.07) is 0.196. The Morgan fingerprint density at radius 3 is 2.68 bits per heavy atom. The molecule has 0 radical (unpaired) electrons. The maximum Gasteiger partial charge on any atom is 0.151 e. The van der Waals surface area contributed by atoms with E-state index in [-0.39, 0.29) is 24.1 Å². The predicted octanol–water partition coefficient (Wildman–Crippen LogP) is 0.261. The zero-order chi connectivity index (χ0) is 14.3. The van der Waals surface area contributed by atoms with E-state index in [1.165, 1.54) is 0 Å². The third-order valence-corrected chi connectivity index (χ3v) is 5.71. The Morgan fingerprint density at radius 2 is 2.26 bits per heavy atom. The summed E-state index contributed by atoms with van der Waals surface area (Å²) >= 11 is 0. The first-order valence-corrected chi connectivity index (χ1v) is 8.24. The lowest BCUT2D eigenvalue weighted by Gasteiger charge is -2.31. The summed E-state index contributed by atoms with van der Waals surface area (Å²) in [6.45, 7) is 4.13. The highest BCUT2D eigenvalue weighted by atomic mass is 32.2. The van der Waals surface area contributed by atoms with Gasteiger partial charge in [-0.2, -0.15) is 5.10 Å². The van der Waals surface area contributed by atoms with Crippen molar-refractivity contribution in [1.82, 2.24) is 9.78 Å². The number of nitrogens with zero attached hydrogens (tertiary/aromatic N) is 2. The van der Waals surface area contributed by atoms with Gasteiger partial charge in [-0.1, -0.05) is 0 Å². The van der Waals surface area contributed by atoms with Crippen LogP contribution in [0.4, 0.5) is 0 Å². The van der Waals surface area contributed by atoms with E-state index in [9.17, 15) is 13.5 Å². The number of sulfone groups is 1. The van der Waals surface area contributed by atoms with Gasteiger partial charge in [0, 0.05) is 29.8 Å². The molecule has 0 aromatic carbocycles. The number of nitrogens with two attached hydrogens (primary N) is 1. The molecule has 1 aliphatic rings. The Hall–Kier alpha value is -0.920. The van der Waals surface area contributed by atoms with E-state index < -0.39 is 21.4 Å². The van der Waals surface area contributed by atoms with Crippen molar-refractivity contribution < 1.29 is 13.5 Å². The van der Waals surface area contributed by atoms with Crippen LogP contribution in [0.5, 0.6) is 0 Å². The number of hydrogen-bond acceptors (Lipinski definition) is 5. The van der Waals surface area contributed by atoms with Crippen molar-refractivity contribution in [2.45, 2.75) is 32.4 Å². The topological polar surface area (TPSA) is 98.2 Å². The summed E-state index contributed by atoms with van der Waals surface area (Å²) in [6.07, 6.45) is 2.87. The molecule has 2 heterocycles. The molecule has 3 N–H and O–H groups in total. The van der Waals surface area contributed by atoms with Crippen LogP contribution in [0.2, 0.25) is 0 Å². The van der Waals surface area contributed by atoms with Crippen molar-refractivity contribution in [2.75, 3.05) is 18.1 Å². The molecule has 108 valence electrons. The average Bonchev–Trinajstić information content (AvgIpc) is 2.93. The Bertz CT molecular complexity index is 552. The average molecular weight is 287 g/mol. The Balaban J connectivity index is 2.28. The maximum absolute atomic E-state index is 11.7. The van der Waals surface area contributed by atoms with Crippen LogP contribution >= 0.6 is 0 Å². The first-order chi connectivity index (χ1) is 8.80. The maximum atomic E-state index is 11.7. The number of aliphatic hydroxyl groups excluding tert-OH is 1. The molecular formula is C12H21N3O3S. The Labute approximate surface area is 113 Å². The van der Waals surface area contributed by atoms with Gasteiger partial charge in [-0.15, -0.1) is 0 Å². The zero-order valence-corrected chi connectivity index (χ0v) is 12.1. The SMILES string of the molecule is CC(C)n1cc(C(O)C2(CN)CCS(=O)(=O)C2)cn1. The normalized spacial score (nSPS) is 27.8. The van der Waals surface area contributed by atoms with Crippen LogP contribution in [0.25, 0.3) is 0 Å². The highest BCUT2D eigenvalue weighted by molar-refractivity contribution is 7.91. The van der Waals surface area contributed by atoms with Crippen molar-refractivity contribution in [3.8, 4) is 0 Å². The molecule has 7 heteroatoms. The van der Waals surface area contributed by atoms with Crippen LogP contribution in [0, 0.1) is 5.41 Å². The van der Waals surface area contributed by atoms with E-state index in [1.54, 1.807) is 17.1 Å². The van der Waals surface area contributed by atoms with E-state index in [2.05, 4.69) is 5.10 Å². The van der Waals surface area contributed by atoms with Crippen molar-refractivity contribution >= 4 is 9.84 Å². The second-order valence-corrected chi connectivity index (χ2v) is 7.84. The number of hydrogen-bond donors (Lipinski definition) is 2. The van der Waals surface area contributed by atoms with Gasteiger partial charge in [-0.3, -0.25) is 4.68 Å². The minimum Gasteiger partial charge on any atom is -0.388 e. The Morgan fingerprint density at radius 1 is 1.58 bits per heavy atom. The molecule has 1 saturated heterocycles. The molecule has 1 fully saturated rings. The minimum atomic E-state index is -3.10. The van der Waals surface area contributed by atoms with Gasteiger partial charge in [0.1, 0.15) is 0 Å². The molecule has 0 spiro atoms. The molecule has 2 rings (SSSR count). The van der Waals surface area contributed by atoms with Crippen LogP contribution in [-0.4, -0.2) is 41.4 Å². The summed E-state index contributed by atoms with van der Waals surface area (Å²) < 4.78 is 25.1. The summed E-state index contributed by atoms with van der Waals surface area (Å²) in [4.78, 5) is 0. The van der Waals surface area contributed by atoms with Gasteiger partial charge in [0.05, 0.1) is 23.8 Å². The predicted molar refractivity (Wildman–Crippen MR) is 72.3 cm³/mol. The lowest BCUT2D eigenvalue weighted by atomic mass is 9.79. The van der Waals surface area contributed by atoms with Gasteiger partial charge >= 0.3 is 0 Å². The summed E-state index contributed by atoms with van der Waals surface area (Å²) in [5.74, 6) is 0.0457. The van der Waals surface area contributed by atoms with Crippen LogP contribution < -0.4 is 5.73 Å². The molecule has 19 heavy (non-hydrogen) atoms. The second kappa shape index (κ2) is 4.88. The Kier molecular flexibility index (Phi) is 3.72. The third-order valence-electron chi connectivity index (χ3n) is 3.87. The molecule has 0 amide bonds. The molecular weight excluding hydrogens is 266 g/mol. The summed E-state index contributed by atoms with van der Waals surface area (Å²) in [7, 11) is -3.10. The van der Waals surface area contributed by atoms with Crippen LogP contribution in [0.3, 0.4) is 0 Å². The van der Waals surface area contributed by atoms with E-state index >= 15 is 0 Å². The third kappa shape index (κ3) is 2.68. The highest BCUT2D eigenvalue weighted by Gasteiger charge is 2.47. The molecule has 0 bridgehead atoms. The fourth-order valence-electron chi connectivity index (χ4n) is 2.56. The number of aliphatic hydroxyl groups is 1.